The van der Waals surface area contributed by atoms with Crippen LogP contribution < -0.4 is 5.32 Å². The fourth-order valence-electron chi connectivity index (χ4n) is 2.62. The van der Waals surface area contributed by atoms with Crippen LogP contribution in [0.3, 0.4) is 0 Å². The van der Waals surface area contributed by atoms with Crippen LogP contribution in [0.5, 0.6) is 0 Å². The molecule has 0 saturated heterocycles. The molecule has 1 aliphatic rings. The summed E-state index contributed by atoms with van der Waals surface area (Å²) in [6.07, 6.45) is 2.99. The second-order valence-electron chi connectivity index (χ2n) is 6.89. The standard InChI is InChI=1S/C17H23N3O/c1-16(2,3)18-12-9-14-19-15(20-21-14)17(10-11-17)13-7-5-4-6-8-13/h4-8,18H,9-12H2,1-3H3. The zero-order valence-electron chi connectivity index (χ0n) is 13.0. The summed E-state index contributed by atoms with van der Waals surface area (Å²) in [4.78, 5) is 4.62. The van der Waals surface area contributed by atoms with Crippen LogP contribution in [0, 0.1) is 0 Å². The van der Waals surface area contributed by atoms with Gasteiger partial charge in [-0.05, 0) is 39.2 Å². The molecule has 21 heavy (non-hydrogen) atoms. The van der Waals surface area contributed by atoms with Crippen molar-refractivity contribution in [3.05, 3.63) is 47.6 Å². The van der Waals surface area contributed by atoms with Gasteiger partial charge in [0.2, 0.25) is 5.89 Å². The predicted molar refractivity (Wildman–Crippen MR) is 82.2 cm³/mol. The lowest BCUT2D eigenvalue weighted by molar-refractivity contribution is 0.356. The Hall–Kier alpha value is -1.68. The number of hydrogen-bond donors (Lipinski definition) is 1. The Labute approximate surface area is 126 Å². The van der Waals surface area contributed by atoms with Crippen LogP contribution in [0.15, 0.2) is 34.9 Å². The molecule has 1 fully saturated rings. The van der Waals surface area contributed by atoms with E-state index in [2.05, 4.69) is 60.5 Å². The fourth-order valence-corrected chi connectivity index (χ4v) is 2.62. The zero-order valence-corrected chi connectivity index (χ0v) is 13.0. The molecule has 0 atom stereocenters. The van der Waals surface area contributed by atoms with Crippen molar-refractivity contribution in [2.45, 2.75) is 51.0 Å². The van der Waals surface area contributed by atoms with Gasteiger partial charge in [0.05, 0.1) is 5.41 Å². The normalized spacial score (nSPS) is 16.9. The van der Waals surface area contributed by atoms with E-state index in [-0.39, 0.29) is 11.0 Å². The van der Waals surface area contributed by atoms with E-state index in [0.29, 0.717) is 0 Å². The third-order valence-electron chi connectivity index (χ3n) is 3.97. The number of hydrogen-bond acceptors (Lipinski definition) is 4. The maximum atomic E-state index is 5.43. The molecule has 3 rings (SSSR count). The second-order valence-corrected chi connectivity index (χ2v) is 6.89. The molecular weight excluding hydrogens is 262 g/mol. The van der Waals surface area contributed by atoms with E-state index >= 15 is 0 Å². The van der Waals surface area contributed by atoms with Crippen molar-refractivity contribution in [1.82, 2.24) is 15.5 Å². The zero-order chi connectivity index (χ0) is 14.9. The molecule has 0 unspecified atom stereocenters. The Morgan fingerprint density at radius 1 is 1.19 bits per heavy atom. The van der Waals surface area contributed by atoms with Gasteiger partial charge in [-0.1, -0.05) is 35.5 Å². The van der Waals surface area contributed by atoms with Crippen LogP contribution in [0.2, 0.25) is 0 Å². The second kappa shape index (κ2) is 5.26. The summed E-state index contributed by atoms with van der Waals surface area (Å²) in [6.45, 7) is 7.31. The Kier molecular flexibility index (Phi) is 3.57. The van der Waals surface area contributed by atoms with Gasteiger partial charge in [-0.15, -0.1) is 0 Å². The van der Waals surface area contributed by atoms with Gasteiger partial charge in [0.15, 0.2) is 5.82 Å². The van der Waals surface area contributed by atoms with Crippen LogP contribution in [0.25, 0.3) is 0 Å². The first-order valence-corrected chi connectivity index (χ1v) is 7.63. The molecule has 2 aromatic rings. The summed E-state index contributed by atoms with van der Waals surface area (Å²) >= 11 is 0. The smallest absolute Gasteiger partial charge is 0.227 e. The van der Waals surface area contributed by atoms with Gasteiger partial charge in [0.25, 0.3) is 0 Å². The van der Waals surface area contributed by atoms with E-state index in [4.69, 9.17) is 4.52 Å². The molecule has 1 aromatic heterocycles. The van der Waals surface area contributed by atoms with Gasteiger partial charge in [-0.3, -0.25) is 0 Å². The summed E-state index contributed by atoms with van der Waals surface area (Å²) in [6, 6.07) is 10.5. The lowest BCUT2D eigenvalue weighted by atomic mass is 9.95. The first kappa shape index (κ1) is 14.3. The highest BCUT2D eigenvalue weighted by molar-refractivity contribution is 5.38. The maximum Gasteiger partial charge on any atom is 0.227 e. The van der Waals surface area contributed by atoms with E-state index in [9.17, 15) is 0 Å². The predicted octanol–water partition coefficient (Wildman–Crippen LogP) is 3.08. The molecular formula is C17H23N3O. The van der Waals surface area contributed by atoms with Gasteiger partial charge in [0, 0.05) is 18.5 Å². The SMILES string of the molecule is CC(C)(C)NCCc1nc(C2(c3ccccc3)CC2)no1. The van der Waals surface area contributed by atoms with Crippen molar-refractivity contribution < 1.29 is 4.52 Å². The summed E-state index contributed by atoms with van der Waals surface area (Å²) in [5.41, 5.74) is 1.41. The average molecular weight is 285 g/mol. The molecule has 0 radical (unpaired) electrons. The minimum absolute atomic E-state index is 0.000462. The molecule has 4 heteroatoms. The molecule has 0 bridgehead atoms. The third kappa shape index (κ3) is 3.16. The molecule has 0 aliphatic heterocycles. The van der Waals surface area contributed by atoms with Gasteiger partial charge < -0.3 is 9.84 Å². The number of rotatable bonds is 5. The molecule has 1 aromatic carbocycles. The van der Waals surface area contributed by atoms with Gasteiger partial charge in [-0.25, -0.2) is 0 Å². The first-order chi connectivity index (χ1) is 10.00. The summed E-state index contributed by atoms with van der Waals surface area (Å²) in [5, 5.41) is 7.67. The third-order valence-corrected chi connectivity index (χ3v) is 3.97. The average Bonchev–Trinajstić information content (AvgIpc) is 3.12. The minimum Gasteiger partial charge on any atom is -0.339 e. The highest BCUT2D eigenvalue weighted by atomic mass is 16.5. The van der Waals surface area contributed by atoms with Crippen LogP contribution in [0.4, 0.5) is 0 Å². The summed E-state index contributed by atoms with van der Waals surface area (Å²) in [5.74, 6) is 1.57. The van der Waals surface area contributed by atoms with Crippen molar-refractivity contribution in [1.29, 1.82) is 0 Å². The molecule has 1 heterocycles. The van der Waals surface area contributed by atoms with Crippen molar-refractivity contribution in [3.8, 4) is 0 Å². The maximum absolute atomic E-state index is 5.43. The molecule has 0 amide bonds. The Morgan fingerprint density at radius 2 is 1.90 bits per heavy atom. The highest BCUT2D eigenvalue weighted by Crippen LogP contribution is 2.52. The van der Waals surface area contributed by atoms with Gasteiger partial charge >= 0.3 is 0 Å². The van der Waals surface area contributed by atoms with Crippen LogP contribution in [0.1, 0.15) is 50.9 Å². The van der Waals surface area contributed by atoms with Crippen LogP contribution in [-0.2, 0) is 11.8 Å². The van der Waals surface area contributed by atoms with Gasteiger partial charge in [-0.2, -0.15) is 4.98 Å². The Bertz CT molecular complexity index is 594. The van der Waals surface area contributed by atoms with E-state index in [1.54, 1.807) is 0 Å². The Morgan fingerprint density at radius 3 is 2.52 bits per heavy atom. The molecule has 4 nitrogen and oxygen atoms in total. The van der Waals surface area contributed by atoms with Crippen LogP contribution >= 0.6 is 0 Å². The first-order valence-electron chi connectivity index (χ1n) is 7.63. The van der Waals surface area contributed by atoms with Crippen molar-refractivity contribution in [2.24, 2.45) is 0 Å². The number of aromatic nitrogens is 2. The van der Waals surface area contributed by atoms with Crippen molar-refractivity contribution >= 4 is 0 Å². The Balaban J connectivity index is 1.68. The molecule has 1 N–H and O–H groups in total. The number of nitrogens with zero attached hydrogens (tertiary/aromatic N) is 2. The lowest BCUT2D eigenvalue weighted by Crippen LogP contribution is -2.37. The van der Waals surface area contributed by atoms with E-state index in [1.807, 2.05) is 6.07 Å². The molecule has 1 saturated carbocycles. The molecule has 0 spiro atoms. The topological polar surface area (TPSA) is 51.0 Å². The lowest BCUT2D eigenvalue weighted by Gasteiger charge is -2.19. The van der Waals surface area contributed by atoms with E-state index < -0.39 is 0 Å². The fraction of sp³-hybridized carbons (Fsp3) is 0.529. The summed E-state index contributed by atoms with van der Waals surface area (Å²) < 4.78 is 5.43. The number of nitrogens with one attached hydrogen (secondary N) is 1. The highest BCUT2D eigenvalue weighted by Gasteiger charge is 2.49. The molecule has 112 valence electrons. The van der Waals surface area contributed by atoms with Crippen molar-refractivity contribution in [3.63, 3.8) is 0 Å². The quantitative estimate of drug-likeness (QED) is 0.917. The van der Waals surface area contributed by atoms with Crippen LogP contribution in [-0.4, -0.2) is 22.2 Å². The van der Waals surface area contributed by atoms with E-state index in [1.165, 1.54) is 5.56 Å². The van der Waals surface area contributed by atoms with Gasteiger partial charge in [0.1, 0.15) is 0 Å². The molecule has 1 aliphatic carbocycles. The largest absolute Gasteiger partial charge is 0.339 e. The summed E-state index contributed by atoms with van der Waals surface area (Å²) in [7, 11) is 0. The monoisotopic (exact) mass is 285 g/mol. The van der Waals surface area contributed by atoms with Crippen molar-refractivity contribution in [2.75, 3.05) is 6.54 Å². The number of benzene rings is 1. The minimum atomic E-state index is 0.000462. The van der Waals surface area contributed by atoms with E-state index in [0.717, 1.165) is 37.5 Å².